The molecule has 0 unspecified atom stereocenters. The Labute approximate surface area is 151 Å². The van der Waals surface area contributed by atoms with Crippen LogP contribution >= 0.6 is 0 Å². The predicted octanol–water partition coefficient (Wildman–Crippen LogP) is 2.64. The first-order valence-corrected chi connectivity index (χ1v) is 8.68. The summed E-state index contributed by atoms with van der Waals surface area (Å²) in [5.74, 6) is 0.977. The lowest BCUT2D eigenvalue weighted by Gasteiger charge is -2.37. The van der Waals surface area contributed by atoms with E-state index in [1.54, 1.807) is 0 Å². The smallest absolute Gasteiger partial charge is 0.494 e. The number of amides is 1. The van der Waals surface area contributed by atoms with Crippen molar-refractivity contribution in [3.05, 3.63) is 30.3 Å². The van der Waals surface area contributed by atoms with E-state index in [1.807, 2.05) is 35.2 Å². The van der Waals surface area contributed by atoms with E-state index in [0.29, 0.717) is 51.8 Å². The maximum absolute atomic E-state index is 12.3. The Morgan fingerprint density at radius 2 is 1.96 bits per heavy atom. The highest BCUT2D eigenvalue weighted by molar-refractivity contribution is 5.86. The minimum atomic E-state index is -1.39. The van der Waals surface area contributed by atoms with E-state index < -0.39 is 11.8 Å². The summed E-state index contributed by atoms with van der Waals surface area (Å²) in [5.41, 5.74) is -0.544. The second-order valence-corrected chi connectivity index (χ2v) is 6.45. The molecule has 26 heavy (non-hydrogen) atoms. The molecule has 2 aliphatic heterocycles. The van der Waals surface area contributed by atoms with Crippen LogP contribution in [0.3, 0.4) is 0 Å². The minimum absolute atomic E-state index is 0.0790. The summed E-state index contributed by atoms with van der Waals surface area (Å²) in [6, 6.07) is 9.52. The van der Waals surface area contributed by atoms with Gasteiger partial charge in [-0.2, -0.15) is 0 Å². The van der Waals surface area contributed by atoms with Gasteiger partial charge in [-0.1, -0.05) is 23.4 Å². The van der Waals surface area contributed by atoms with Gasteiger partial charge in [0.1, 0.15) is 11.4 Å². The summed E-state index contributed by atoms with van der Waals surface area (Å²) >= 11 is 0. The molecule has 0 saturated carbocycles. The average Bonchev–Trinajstić information content (AvgIpc) is 3.01. The molecule has 0 atom stereocenters. The molecular weight excluding hydrogens is 340 g/mol. The van der Waals surface area contributed by atoms with Gasteiger partial charge in [0.05, 0.1) is 13.0 Å². The quantitative estimate of drug-likeness (QED) is 0.639. The predicted molar refractivity (Wildman–Crippen MR) is 92.0 cm³/mol. The van der Waals surface area contributed by atoms with Crippen molar-refractivity contribution >= 4 is 18.0 Å². The highest BCUT2D eigenvalue weighted by Gasteiger charge is 2.44. The van der Waals surface area contributed by atoms with Gasteiger partial charge in [-0.05, 0) is 18.6 Å². The number of carbonyl (C=O) groups is 2. The number of para-hydroxylation sites is 1. The third-order valence-electron chi connectivity index (χ3n) is 4.59. The summed E-state index contributed by atoms with van der Waals surface area (Å²) in [7, 11) is 0. The summed E-state index contributed by atoms with van der Waals surface area (Å²) < 4.78 is 10.2. The van der Waals surface area contributed by atoms with Gasteiger partial charge in [-0.15, -0.1) is 0 Å². The Morgan fingerprint density at radius 1 is 1.23 bits per heavy atom. The Bertz CT molecular complexity index is 668. The molecule has 1 aromatic carbocycles. The fourth-order valence-corrected chi connectivity index (χ4v) is 3.16. The Hall–Kier alpha value is -2.77. The van der Waals surface area contributed by atoms with Crippen LogP contribution in [-0.2, 0) is 14.4 Å². The number of rotatable bonds is 5. The van der Waals surface area contributed by atoms with E-state index in [-0.39, 0.29) is 11.8 Å². The van der Waals surface area contributed by atoms with Gasteiger partial charge < -0.3 is 24.3 Å². The highest BCUT2D eigenvalue weighted by atomic mass is 16.7. The second-order valence-electron chi connectivity index (χ2n) is 6.45. The Kier molecular flexibility index (Phi) is 5.60. The third-order valence-corrected chi connectivity index (χ3v) is 4.59. The van der Waals surface area contributed by atoms with Crippen LogP contribution in [0.4, 0.5) is 4.79 Å². The van der Waals surface area contributed by atoms with Crippen molar-refractivity contribution in [1.29, 1.82) is 0 Å². The zero-order valence-corrected chi connectivity index (χ0v) is 14.4. The van der Waals surface area contributed by atoms with E-state index >= 15 is 0 Å². The molecular formula is C18H22N2O6. The molecule has 0 bridgehead atoms. The summed E-state index contributed by atoms with van der Waals surface area (Å²) in [6.45, 7) is 1.63. The van der Waals surface area contributed by atoms with Crippen LogP contribution in [0.25, 0.3) is 0 Å². The monoisotopic (exact) mass is 362 g/mol. The molecule has 1 saturated heterocycles. The van der Waals surface area contributed by atoms with Gasteiger partial charge in [0.25, 0.3) is 0 Å². The number of nitrogens with zero attached hydrogens (tertiary/aromatic N) is 2. The first kappa shape index (κ1) is 18.0. The van der Waals surface area contributed by atoms with E-state index in [2.05, 4.69) is 9.89 Å². The van der Waals surface area contributed by atoms with Gasteiger partial charge in [-0.25, -0.2) is 4.79 Å². The lowest BCUT2D eigenvalue weighted by Crippen LogP contribution is -2.47. The van der Waals surface area contributed by atoms with Gasteiger partial charge in [-0.3, -0.25) is 4.79 Å². The maximum atomic E-state index is 12.3. The van der Waals surface area contributed by atoms with Crippen LogP contribution in [0.1, 0.15) is 32.1 Å². The van der Waals surface area contributed by atoms with Crippen molar-refractivity contribution in [2.24, 2.45) is 5.16 Å². The van der Waals surface area contributed by atoms with Crippen molar-refractivity contribution in [3.63, 3.8) is 0 Å². The zero-order chi connectivity index (χ0) is 18.4. The lowest BCUT2D eigenvalue weighted by molar-refractivity contribution is -0.137. The lowest BCUT2D eigenvalue weighted by atomic mass is 9.88. The molecule has 1 amide bonds. The highest BCUT2D eigenvalue weighted by Crippen LogP contribution is 2.35. The number of carboxylic acid groups (broad SMARTS) is 1. The Morgan fingerprint density at radius 3 is 2.65 bits per heavy atom. The topological polar surface area (TPSA) is 97.7 Å². The molecule has 2 aliphatic rings. The zero-order valence-electron chi connectivity index (χ0n) is 14.4. The fraction of sp³-hybridized carbons (Fsp3) is 0.500. The maximum Gasteiger partial charge on any atom is 0.512 e. The summed E-state index contributed by atoms with van der Waals surface area (Å²) in [5, 5.41) is 12.3. The van der Waals surface area contributed by atoms with Crippen LogP contribution in [0.15, 0.2) is 35.5 Å². The van der Waals surface area contributed by atoms with Crippen molar-refractivity contribution in [1.82, 2.24) is 4.90 Å². The minimum Gasteiger partial charge on any atom is -0.494 e. The molecule has 0 aliphatic carbocycles. The third kappa shape index (κ3) is 4.65. The SMILES string of the molecule is O=C(O)OC1=NOC2(CCN(C(=O)CCCOc3ccccc3)CC2)C1. The normalized spacial score (nSPS) is 18.2. The first-order chi connectivity index (χ1) is 12.6. The van der Waals surface area contributed by atoms with Crippen LogP contribution in [0.5, 0.6) is 5.75 Å². The number of hydrogen-bond acceptors (Lipinski definition) is 6. The largest absolute Gasteiger partial charge is 0.512 e. The van der Waals surface area contributed by atoms with Crippen molar-refractivity contribution in [3.8, 4) is 5.75 Å². The van der Waals surface area contributed by atoms with Crippen molar-refractivity contribution < 1.29 is 29.0 Å². The van der Waals surface area contributed by atoms with Crippen LogP contribution in [0, 0.1) is 0 Å². The van der Waals surface area contributed by atoms with Gasteiger partial charge in [0.15, 0.2) is 0 Å². The molecule has 1 aromatic rings. The Balaban J connectivity index is 1.36. The number of benzene rings is 1. The number of ether oxygens (including phenoxy) is 2. The van der Waals surface area contributed by atoms with Gasteiger partial charge in [0, 0.05) is 32.4 Å². The fourth-order valence-electron chi connectivity index (χ4n) is 3.16. The second kappa shape index (κ2) is 8.07. The van der Waals surface area contributed by atoms with Crippen molar-refractivity contribution in [2.75, 3.05) is 19.7 Å². The number of piperidine rings is 1. The van der Waals surface area contributed by atoms with Crippen LogP contribution in [-0.4, -0.2) is 53.3 Å². The van der Waals surface area contributed by atoms with Crippen LogP contribution < -0.4 is 4.74 Å². The van der Waals surface area contributed by atoms with E-state index in [1.165, 1.54) is 0 Å². The molecule has 2 heterocycles. The van der Waals surface area contributed by atoms with Crippen LogP contribution in [0.2, 0.25) is 0 Å². The molecule has 1 spiro atoms. The number of likely N-dealkylation sites (tertiary alicyclic amines) is 1. The average molecular weight is 362 g/mol. The van der Waals surface area contributed by atoms with Gasteiger partial charge in [0.2, 0.25) is 11.8 Å². The molecule has 8 heteroatoms. The number of carbonyl (C=O) groups excluding carboxylic acids is 1. The molecule has 1 N–H and O–H groups in total. The molecule has 140 valence electrons. The molecule has 1 fully saturated rings. The number of hydrogen-bond donors (Lipinski definition) is 1. The van der Waals surface area contributed by atoms with Crippen molar-refractivity contribution in [2.45, 2.75) is 37.7 Å². The summed E-state index contributed by atoms with van der Waals surface area (Å²) in [4.78, 5) is 30.1. The summed E-state index contributed by atoms with van der Waals surface area (Å²) in [6.07, 6.45) is 1.24. The number of oxime groups is 1. The first-order valence-electron chi connectivity index (χ1n) is 8.68. The van der Waals surface area contributed by atoms with E-state index in [9.17, 15) is 9.59 Å². The molecule has 8 nitrogen and oxygen atoms in total. The standard InChI is InChI=1S/C18H22N2O6/c21-16(7-4-12-24-14-5-2-1-3-6-14)20-10-8-18(9-11-20)13-15(19-26-18)25-17(22)23/h1-3,5-6H,4,7-13H2,(H,22,23). The van der Waals surface area contributed by atoms with E-state index in [4.69, 9.17) is 14.7 Å². The molecule has 3 rings (SSSR count). The molecule has 0 radical (unpaired) electrons. The van der Waals surface area contributed by atoms with E-state index in [0.717, 1.165) is 5.75 Å². The van der Waals surface area contributed by atoms with Gasteiger partial charge >= 0.3 is 6.16 Å². The molecule has 0 aromatic heterocycles.